The number of nitrogens with one attached hydrogen (secondary N) is 1. The van der Waals surface area contributed by atoms with E-state index in [-0.39, 0.29) is 25.0 Å². The topological polar surface area (TPSA) is 99.1 Å². The van der Waals surface area contributed by atoms with Crippen molar-refractivity contribution in [1.82, 2.24) is 10.4 Å². The van der Waals surface area contributed by atoms with E-state index in [1.54, 1.807) is 29.2 Å². The number of halogens is 1. The Hall–Kier alpha value is -2.75. The van der Waals surface area contributed by atoms with E-state index in [1.165, 1.54) is 11.3 Å². The number of thiophene rings is 1. The molecule has 1 aliphatic carbocycles. The van der Waals surface area contributed by atoms with Gasteiger partial charge in [0.25, 0.3) is 11.8 Å². The van der Waals surface area contributed by atoms with Gasteiger partial charge in [0, 0.05) is 20.3 Å². The van der Waals surface area contributed by atoms with E-state index in [0.717, 1.165) is 28.2 Å². The highest BCUT2D eigenvalue weighted by Crippen LogP contribution is 2.46. The Bertz CT molecular complexity index is 1260. The first-order chi connectivity index (χ1) is 18.0. The zero-order chi connectivity index (χ0) is 25.9. The molecule has 0 spiro atoms. The molecule has 2 heterocycles. The summed E-state index contributed by atoms with van der Waals surface area (Å²) in [6, 6.07) is 16.9. The van der Waals surface area contributed by atoms with Crippen molar-refractivity contribution >= 4 is 34.8 Å². The van der Waals surface area contributed by atoms with Crippen molar-refractivity contribution in [2.24, 2.45) is 0 Å². The molecule has 0 unspecified atom stereocenters. The minimum Gasteiger partial charge on any atom is -0.391 e. The van der Waals surface area contributed by atoms with E-state index < -0.39 is 24.1 Å². The van der Waals surface area contributed by atoms with Gasteiger partial charge in [0.05, 0.1) is 30.7 Å². The average Bonchev–Trinajstić information content (AvgIpc) is 3.38. The zero-order valence-electron chi connectivity index (χ0n) is 20.2. The van der Waals surface area contributed by atoms with Crippen LogP contribution in [0.25, 0.3) is 0 Å². The molecule has 0 saturated heterocycles. The molecule has 37 heavy (non-hydrogen) atoms. The van der Waals surface area contributed by atoms with Crippen LogP contribution in [-0.2, 0) is 22.8 Å². The Balaban J connectivity index is 1.52. The van der Waals surface area contributed by atoms with Crippen LogP contribution in [-0.4, -0.2) is 39.1 Å². The number of carbonyl (C=O) groups excluding carboxylic acids is 2. The smallest absolute Gasteiger partial charge is 0.255 e. The van der Waals surface area contributed by atoms with Crippen LogP contribution in [0.4, 0.5) is 0 Å². The Morgan fingerprint density at radius 3 is 2.51 bits per heavy atom. The maximum atomic E-state index is 13.9. The van der Waals surface area contributed by atoms with Gasteiger partial charge >= 0.3 is 0 Å². The van der Waals surface area contributed by atoms with Gasteiger partial charge in [-0.3, -0.25) is 14.4 Å². The fraction of sp³-hybridized carbons (Fsp3) is 0.357. The lowest BCUT2D eigenvalue weighted by Gasteiger charge is -2.48. The van der Waals surface area contributed by atoms with Crippen molar-refractivity contribution in [1.29, 1.82) is 0 Å². The highest BCUT2D eigenvalue weighted by molar-refractivity contribution is 7.11. The predicted octanol–water partition coefficient (Wildman–Crippen LogP) is 4.73. The van der Waals surface area contributed by atoms with Crippen LogP contribution >= 0.6 is 22.9 Å². The first-order valence-electron chi connectivity index (χ1n) is 12.4. The molecular formula is C28H29ClN2O5S. The largest absolute Gasteiger partial charge is 0.391 e. The summed E-state index contributed by atoms with van der Waals surface area (Å²) in [4.78, 5) is 36.7. The van der Waals surface area contributed by atoms with Crippen LogP contribution < -0.4 is 5.48 Å². The molecule has 0 radical (unpaired) electrons. The number of aliphatic hydroxyl groups excluding tert-OH is 2. The number of fused-ring (bicyclic) bond motifs is 1. The van der Waals surface area contributed by atoms with Gasteiger partial charge in [-0.25, -0.2) is 5.48 Å². The van der Waals surface area contributed by atoms with Gasteiger partial charge in [-0.15, -0.1) is 11.3 Å². The van der Waals surface area contributed by atoms with E-state index in [1.807, 2.05) is 36.4 Å². The van der Waals surface area contributed by atoms with Gasteiger partial charge in [-0.05, 0) is 54.3 Å². The summed E-state index contributed by atoms with van der Waals surface area (Å²) in [5.74, 6) is -1.34. The number of hydrogen-bond acceptors (Lipinski definition) is 6. The summed E-state index contributed by atoms with van der Waals surface area (Å²) < 4.78 is 0. The molecule has 4 atom stereocenters. The third-order valence-electron chi connectivity index (χ3n) is 7.18. The quantitative estimate of drug-likeness (QED) is 0.376. The molecule has 1 saturated carbocycles. The highest BCUT2D eigenvalue weighted by atomic mass is 35.5. The summed E-state index contributed by atoms with van der Waals surface area (Å²) in [6.07, 6.45) is 2.41. The van der Waals surface area contributed by atoms with Crippen molar-refractivity contribution in [3.63, 3.8) is 0 Å². The summed E-state index contributed by atoms with van der Waals surface area (Å²) in [6.45, 7) is 0.107. The number of hydrogen-bond donors (Lipinski definition) is 3. The molecule has 0 bridgehead atoms. The van der Waals surface area contributed by atoms with Crippen LogP contribution in [0, 0.1) is 0 Å². The second kappa shape index (κ2) is 11.3. The fourth-order valence-electron chi connectivity index (χ4n) is 5.46. The van der Waals surface area contributed by atoms with Gasteiger partial charge < -0.3 is 15.1 Å². The third-order valence-corrected chi connectivity index (χ3v) is 8.48. The number of rotatable bonds is 7. The predicted molar refractivity (Wildman–Crippen MR) is 141 cm³/mol. The van der Waals surface area contributed by atoms with Crippen molar-refractivity contribution in [3.8, 4) is 0 Å². The molecule has 2 amide bonds. The second-order valence-corrected chi connectivity index (χ2v) is 11.2. The summed E-state index contributed by atoms with van der Waals surface area (Å²) in [7, 11) is 0. The monoisotopic (exact) mass is 540 g/mol. The molecule has 194 valence electrons. The molecule has 1 fully saturated rings. The van der Waals surface area contributed by atoms with Crippen LogP contribution in [0.2, 0.25) is 5.02 Å². The molecule has 2 aliphatic rings. The van der Waals surface area contributed by atoms with Crippen LogP contribution in [0.15, 0.2) is 60.7 Å². The second-order valence-electron chi connectivity index (χ2n) is 9.47. The minimum absolute atomic E-state index is 0.0461. The molecule has 2 aromatic carbocycles. The first-order valence-corrected chi connectivity index (χ1v) is 13.6. The van der Waals surface area contributed by atoms with Gasteiger partial charge in [0.2, 0.25) is 0 Å². The SMILES string of the molecule is O=C(NOCc1ccc(CO)s1)[C@@H]1c2ccccc2C(=O)N([C@H]2CCCC[C@@H]2O)[C@H]1c1ccc(Cl)cc1. The van der Waals surface area contributed by atoms with Gasteiger partial charge in [-0.1, -0.05) is 54.8 Å². The number of aliphatic hydroxyl groups is 2. The van der Waals surface area contributed by atoms with E-state index >= 15 is 0 Å². The number of amides is 2. The standard InChI is InChI=1S/C28H29ClN2O5S/c29-18-11-9-17(10-12-18)26-25(27(34)30-36-16-20-14-13-19(15-32)37-20)21-5-1-2-6-22(21)28(35)31(26)23-7-3-4-8-24(23)33/h1-2,5-6,9-14,23-26,32-33H,3-4,7-8,15-16H2,(H,30,34)/t23-,24-,25+,26-/m0/s1. The Morgan fingerprint density at radius 1 is 1.05 bits per heavy atom. The van der Waals surface area contributed by atoms with Crippen molar-refractivity contribution in [2.45, 2.75) is 63.0 Å². The number of nitrogens with zero attached hydrogens (tertiary/aromatic N) is 1. The number of hydroxylamine groups is 1. The lowest BCUT2D eigenvalue weighted by molar-refractivity contribution is -0.138. The summed E-state index contributed by atoms with van der Waals surface area (Å²) >= 11 is 7.58. The Kier molecular flexibility index (Phi) is 7.92. The average molecular weight is 541 g/mol. The Morgan fingerprint density at radius 2 is 1.78 bits per heavy atom. The lowest BCUT2D eigenvalue weighted by Crippen LogP contribution is -2.55. The molecular weight excluding hydrogens is 512 g/mol. The maximum Gasteiger partial charge on any atom is 0.255 e. The molecule has 9 heteroatoms. The van der Waals surface area contributed by atoms with Crippen LogP contribution in [0.3, 0.4) is 0 Å². The molecule has 1 aliphatic heterocycles. The van der Waals surface area contributed by atoms with Gasteiger partial charge in [0.1, 0.15) is 6.61 Å². The Labute approximate surface area is 224 Å². The lowest BCUT2D eigenvalue weighted by atomic mass is 9.77. The maximum absolute atomic E-state index is 13.9. The van der Waals surface area contributed by atoms with E-state index in [2.05, 4.69) is 5.48 Å². The summed E-state index contributed by atoms with van der Waals surface area (Å²) in [5.41, 5.74) is 4.44. The van der Waals surface area contributed by atoms with Crippen molar-refractivity contribution in [3.05, 3.63) is 92.1 Å². The summed E-state index contributed by atoms with van der Waals surface area (Å²) in [5, 5.41) is 20.8. The molecule has 1 aromatic heterocycles. The van der Waals surface area contributed by atoms with Crippen LogP contribution in [0.5, 0.6) is 0 Å². The zero-order valence-corrected chi connectivity index (χ0v) is 21.8. The fourth-order valence-corrected chi connectivity index (χ4v) is 6.37. The number of benzene rings is 2. The highest BCUT2D eigenvalue weighted by Gasteiger charge is 2.48. The van der Waals surface area contributed by atoms with Crippen LogP contribution in [0.1, 0.15) is 68.9 Å². The first kappa shape index (κ1) is 25.9. The van der Waals surface area contributed by atoms with E-state index in [9.17, 15) is 19.8 Å². The van der Waals surface area contributed by atoms with E-state index in [4.69, 9.17) is 16.4 Å². The van der Waals surface area contributed by atoms with Crippen molar-refractivity contribution < 1.29 is 24.6 Å². The number of carbonyl (C=O) groups is 2. The molecule has 3 N–H and O–H groups in total. The molecule has 3 aromatic rings. The molecule has 7 nitrogen and oxygen atoms in total. The third kappa shape index (κ3) is 5.30. The van der Waals surface area contributed by atoms with Gasteiger partial charge in [-0.2, -0.15) is 0 Å². The van der Waals surface area contributed by atoms with Gasteiger partial charge in [0.15, 0.2) is 0 Å². The van der Waals surface area contributed by atoms with E-state index in [0.29, 0.717) is 29.0 Å². The normalized spacial score (nSPS) is 23.5. The minimum atomic E-state index is -0.763. The molecule has 5 rings (SSSR count). The van der Waals surface area contributed by atoms with Crippen molar-refractivity contribution in [2.75, 3.05) is 0 Å².